The van der Waals surface area contributed by atoms with Crippen molar-refractivity contribution in [2.45, 2.75) is 72.3 Å². The van der Waals surface area contributed by atoms with E-state index >= 15 is 0 Å². The second-order valence-corrected chi connectivity index (χ2v) is 6.07. The van der Waals surface area contributed by atoms with E-state index in [2.05, 4.69) is 27.7 Å². The molecule has 1 aliphatic carbocycles. The van der Waals surface area contributed by atoms with Crippen LogP contribution in [0.3, 0.4) is 0 Å². The second kappa shape index (κ2) is 5.34. The van der Waals surface area contributed by atoms with Crippen LogP contribution in [0.4, 0.5) is 0 Å². The van der Waals surface area contributed by atoms with Crippen LogP contribution in [0.1, 0.15) is 66.2 Å². The second-order valence-electron chi connectivity index (χ2n) is 6.07. The lowest BCUT2D eigenvalue weighted by Crippen LogP contribution is -2.33. The van der Waals surface area contributed by atoms with Gasteiger partial charge in [0, 0.05) is 0 Å². The molecule has 1 N–H and O–H groups in total. The molecule has 0 bridgehead atoms. The molecule has 0 spiro atoms. The zero-order valence-electron chi connectivity index (χ0n) is 10.9. The Morgan fingerprint density at radius 1 is 1.13 bits per heavy atom. The maximum absolute atomic E-state index is 10.3. The number of hydrogen-bond donors (Lipinski definition) is 1. The zero-order chi connectivity index (χ0) is 11.5. The van der Waals surface area contributed by atoms with Crippen LogP contribution in [0.2, 0.25) is 0 Å². The first-order chi connectivity index (χ1) is 7.00. The summed E-state index contributed by atoms with van der Waals surface area (Å²) in [5, 5.41) is 10.3. The molecule has 90 valence electrons. The molecular weight excluding hydrogens is 184 g/mol. The first-order valence-corrected chi connectivity index (χ1v) is 6.68. The van der Waals surface area contributed by atoms with Gasteiger partial charge in [-0.25, -0.2) is 0 Å². The molecule has 1 unspecified atom stereocenters. The third kappa shape index (κ3) is 3.48. The lowest BCUT2D eigenvalue weighted by molar-refractivity contribution is 0.0128. The van der Waals surface area contributed by atoms with Crippen LogP contribution in [0.5, 0.6) is 0 Å². The summed E-state index contributed by atoms with van der Waals surface area (Å²) in [7, 11) is 0. The summed E-state index contributed by atoms with van der Waals surface area (Å²) < 4.78 is 0. The zero-order valence-corrected chi connectivity index (χ0v) is 10.9. The van der Waals surface area contributed by atoms with Crippen LogP contribution in [-0.4, -0.2) is 11.2 Å². The van der Waals surface area contributed by atoms with E-state index in [0.29, 0.717) is 17.3 Å². The van der Waals surface area contributed by atoms with E-state index in [-0.39, 0.29) is 6.10 Å². The van der Waals surface area contributed by atoms with Crippen molar-refractivity contribution in [3.8, 4) is 0 Å². The van der Waals surface area contributed by atoms with Crippen molar-refractivity contribution in [1.29, 1.82) is 0 Å². The molecule has 0 radical (unpaired) electrons. The van der Waals surface area contributed by atoms with E-state index in [1.807, 2.05) is 0 Å². The van der Waals surface area contributed by atoms with Crippen molar-refractivity contribution in [3.05, 3.63) is 0 Å². The largest absolute Gasteiger partial charge is 0.393 e. The van der Waals surface area contributed by atoms with Crippen molar-refractivity contribution in [2.24, 2.45) is 17.3 Å². The van der Waals surface area contributed by atoms with Gasteiger partial charge >= 0.3 is 0 Å². The van der Waals surface area contributed by atoms with Gasteiger partial charge in [-0.15, -0.1) is 0 Å². The maximum Gasteiger partial charge on any atom is 0.0596 e. The van der Waals surface area contributed by atoms with Gasteiger partial charge in [0.1, 0.15) is 0 Å². The summed E-state index contributed by atoms with van der Waals surface area (Å²) in [5.74, 6) is 1.10. The van der Waals surface area contributed by atoms with Gasteiger partial charge in [0.05, 0.1) is 6.10 Å². The first kappa shape index (κ1) is 13.0. The Labute approximate surface area is 95.3 Å². The molecule has 0 amide bonds. The molecule has 1 atom stereocenters. The van der Waals surface area contributed by atoms with E-state index in [0.717, 1.165) is 12.8 Å². The van der Waals surface area contributed by atoms with E-state index < -0.39 is 0 Å². The topological polar surface area (TPSA) is 20.2 Å². The fourth-order valence-corrected chi connectivity index (χ4v) is 2.92. The Morgan fingerprint density at radius 3 is 2.00 bits per heavy atom. The van der Waals surface area contributed by atoms with Gasteiger partial charge in [0.15, 0.2) is 0 Å². The van der Waals surface area contributed by atoms with Crippen LogP contribution >= 0.6 is 0 Å². The molecule has 0 aliphatic heterocycles. The number of aliphatic hydroxyl groups excluding tert-OH is 1. The standard InChI is InChI=1S/C14H28O/c1-5-11(6-2)13(15)12-7-9-14(3,4)10-8-12/h11-13,15H,5-10H2,1-4H3. The molecule has 1 aliphatic rings. The normalized spacial score (nSPS) is 24.4. The van der Waals surface area contributed by atoms with E-state index in [1.54, 1.807) is 0 Å². The predicted molar refractivity (Wildman–Crippen MR) is 65.8 cm³/mol. The third-order valence-electron chi connectivity index (χ3n) is 4.40. The molecule has 15 heavy (non-hydrogen) atoms. The third-order valence-corrected chi connectivity index (χ3v) is 4.40. The van der Waals surface area contributed by atoms with E-state index in [1.165, 1.54) is 25.7 Å². The molecule has 0 heterocycles. The van der Waals surface area contributed by atoms with Crippen LogP contribution in [-0.2, 0) is 0 Å². The van der Waals surface area contributed by atoms with Crippen molar-refractivity contribution in [2.75, 3.05) is 0 Å². The molecular formula is C14H28O. The SMILES string of the molecule is CCC(CC)C(O)C1CCC(C)(C)CC1. The molecule has 0 saturated heterocycles. The minimum atomic E-state index is -0.0453. The van der Waals surface area contributed by atoms with Crippen molar-refractivity contribution < 1.29 is 5.11 Å². The monoisotopic (exact) mass is 212 g/mol. The van der Waals surface area contributed by atoms with Gasteiger partial charge in [0.2, 0.25) is 0 Å². The minimum Gasteiger partial charge on any atom is -0.393 e. The van der Waals surface area contributed by atoms with E-state index in [9.17, 15) is 5.11 Å². The van der Waals surface area contributed by atoms with E-state index in [4.69, 9.17) is 0 Å². The highest BCUT2D eigenvalue weighted by Gasteiger charge is 2.32. The van der Waals surface area contributed by atoms with Crippen LogP contribution in [0, 0.1) is 17.3 Å². The summed E-state index contributed by atoms with van der Waals surface area (Å²) in [6.07, 6.45) is 7.23. The highest BCUT2D eigenvalue weighted by Crippen LogP contribution is 2.40. The van der Waals surface area contributed by atoms with Crippen LogP contribution in [0.25, 0.3) is 0 Å². The van der Waals surface area contributed by atoms with Gasteiger partial charge in [0.25, 0.3) is 0 Å². The molecule has 0 aromatic heterocycles. The summed E-state index contributed by atoms with van der Waals surface area (Å²) >= 11 is 0. The van der Waals surface area contributed by atoms with Crippen molar-refractivity contribution >= 4 is 0 Å². The average molecular weight is 212 g/mol. The number of hydrogen-bond acceptors (Lipinski definition) is 1. The van der Waals surface area contributed by atoms with Crippen molar-refractivity contribution in [3.63, 3.8) is 0 Å². The molecule has 0 aromatic carbocycles. The van der Waals surface area contributed by atoms with Gasteiger partial charge in [-0.2, -0.15) is 0 Å². The Morgan fingerprint density at radius 2 is 1.60 bits per heavy atom. The van der Waals surface area contributed by atoms with Crippen LogP contribution < -0.4 is 0 Å². The average Bonchev–Trinajstić information content (AvgIpc) is 2.19. The molecule has 1 nitrogen and oxygen atoms in total. The Hall–Kier alpha value is -0.0400. The van der Waals surface area contributed by atoms with Gasteiger partial charge < -0.3 is 5.11 Å². The smallest absolute Gasteiger partial charge is 0.0596 e. The maximum atomic E-state index is 10.3. The highest BCUT2D eigenvalue weighted by atomic mass is 16.3. The quantitative estimate of drug-likeness (QED) is 0.747. The molecule has 1 rings (SSSR count). The number of aliphatic hydroxyl groups is 1. The summed E-state index contributed by atoms with van der Waals surface area (Å²) in [6, 6.07) is 0. The fraction of sp³-hybridized carbons (Fsp3) is 1.00. The van der Waals surface area contributed by atoms with Crippen molar-refractivity contribution in [1.82, 2.24) is 0 Å². The fourth-order valence-electron chi connectivity index (χ4n) is 2.92. The summed E-state index contributed by atoms with van der Waals surface area (Å²) in [6.45, 7) is 9.10. The molecule has 1 heteroatoms. The highest BCUT2D eigenvalue weighted by molar-refractivity contribution is 4.84. The predicted octanol–water partition coefficient (Wildman–Crippen LogP) is 4.00. The first-order valence-electron chi connectivity index (χ1n) is 6.68. The molecule has 1 saturated carbocycles. The Bertz CT molecular complexity index is 172. The van der Waals surface area contributed by atoms with Gasteiger partial charge in [-0.1, -0.05) is 40.5 Å². The molecule has 0 aromatic rings. The van der Waals surface area contributed by atoms with Gasteiger partial charge in [-0.3, -0.25) is 0 Å². The Balaban J connectivity index is 2.45. The number of rotatable bonds is 4. The summed E-state index contributed by atoms with van der Waals surface area (Å²) in [4.78, 5) is 0. The van der Waals surface area contributed by atoms with Crippen LogP contribution in [0.15, 0.2) is 0 Å². The lowest BCUT2D eigenvalue weighted by Gasteiger charge is -2.38. The minimum absolute atomic E-state index is 0.0453. The Kier molecular flexibility index (Phi) is 4.64. The summed E-state index contributed by atoms with van der Waals surface area (Å²) in [5.41, 5.74) is 0.518. The lowest BCUT2D eigenvalue weighted by atomic mass is 9.69. The van der Waals surface area contributed by atoms with Gasteiger partial charge in [-0.05, 0) is 42.9 Å². The molecule has 1 fully saturated rings.